The molecule has 1 aliphatic heterocycles. The molecule has 0 saturated carbocycles. The highest BCUT2D eigenvalue weighted by atomic mass is 31.0. The minimum atomic E-state index is -2.12. The molecule has 0 bridgehead atoms. The minimum Gasteiger partial charge on any atom is -0.299 e. The van der Waals surface area contributed by atoms with Crippen molar-refractivity contribution in [3.63, 3.8) is 0 Å². The molecule has 0 aromatic carbocycles. The summed E-state index contributed by atoms with van der Waals surface area (Å²) in [4.78, 5) is 2.03. The Bertz CT molecular complexity index is 110. The fourth-order valence-electron chi connectivity index (χ4n) is 1.23. The van der Waals surface area contributed by atoms with E-state index < -0.39 is 6.43 Å². The van der Waals surface area contributed by atoms with Crippen molar-refractivity contribution in [2.75, 3.05) is 19.4 Å². The molecule has 4 heteroatoms. The number of rotatable bonds is 2. The molecule has 0 spiro atoms. The monoisotopic (exact) mass is 167 g/mol. The van der Waals surface area contributed by atoms with Gasteiger partial charge in [0.2, 0.25) is 6.43 Å². The van der Waals surface area contributed by atoms with Gasteiger partial charge in [-0.25, -0.2) is 8.78 Å². The summed E-state index contributed by atoms with van der Waals surface area (Å²) in [6.07, 6.45) is -0.642. The Morgan fingerprint density at radius 3 is 2.60 bits per heavy atom. The third-order valence-corrected chi connectivity index (χ3v) is 2.44. The van der Waals surface area contributed by atoms with Crippen LogP contribution >= 0.6 is 9.24 Å². The van der Waals surface area contributed by atoms with Crippen LogP contribution < -0.4 is 0 Å². The average Bonchev–Trinajstić information content (AvgIpc) is 2.34. The van der Waals surface area contributed by atoms with Crippen molar-refractivity contribution in [1.29, 1.82) is 0 Å². The van der Waals surface area contributed by atoms with Gasteiger partial charge in [-0.2, -0.15) is 0 Å². The Balaban J connectivity index is 2.28. The van der Waals surface area contributed by atoms with Gasteiger partial charge >= 0.3 is 0 Å². The van der Waals surface area contributed by atoms with Crippen LogP contribution in [0.1, 0.15) is 6.42 Å². The maximum Gasteiger partial charge on any atom is 0.242 e. The summed E-state index contributed by atoms with van der Waals surface area (Å²) < 4.78 is 24.0. The molecule has 1 fully saturated rings. The lowest BCUT2D eigenvalue weighted by atomic mass is 10.1. The molecular weight excluding hydrogens is 155 g/mol. The molecular formula is C6H12F2NP. The molecule has 2 unspecified atom stereocenters. The highest BCUT2D eigenvalue weighted by Gasteiger charge is 2.28. The van der Waals surface area contributed by atoms with Crippen LogP contribution in [-0.4, -0.2) is 30.7 Å². The smallest absolute Gasteiger partial charge is 0.242 e. The topological polar surface area (TPSA) is 3.24 Å². The van der Waals surface area contributed by atoms with Gasteiger partial charge in [0.15, 0.2) is 0 Å². The molecule has 0 aromatic rings. The molecule has 10 heavy (non-hydrogen) atoms. The van der Waals surface area contributed by atoms with Gasteiger partial charge in [0.25, 0.3) is 0 Å². The first-order chi connectivity index (χ1) is 4.74. The van der Waals surface area contributed by atoms with E-state index in [4.69, 9.17) is 0 Å². The summed E-state index contributed by atoms with van der Waals surface area (Å²) in [5.41, 5.74) is 0. The molecule has 0 radical (unpaired) electrons. The molecule has 0 N–H and O–H groups in total. The van der Waals surface area contributed by atoms with E-state index in [1.807, 2.05) is 4.90 Å². The van der Waals surface area contributed by atoms with Crippen LogP contribution in [0.4, 0.5) is 8.78 Å². The molecule has 0 aliphatic carbocycles. The number of hydrogen-bond donors (Lipinski definition) is 0. The average molecular weight is 167 g/mol. The van der Waals surface area contributed by atoms with Crippen LogP contribution in [-0.2, 0) is 0 Å². The van der Waals surface area contributed by atoms with E-state index in [0.29, 0.717) is 13.0 Å². The molecule has 1 heterocycles. The summed E-state index contributed by atoms with van der Waals surface area (Å²) in [5.74, 6) is -0.374. The van der Waals surface area contributed by atoms with Crippen LogP contribution in [0.5, 0.6) is 0 Å². The predicted octanol–water partition coefficient (Wildman–Crippen LogP) is 1.41. The van der Waals surface area contributed by atoms with Gasteiger partial charge in [-0.05, 0) is 13.0 Å². The molecule has 1 aliphatic rings. The molecule has 0 amide bonds. The van der Waals surface area contributed by atoms with Crippen molar-refractivity contribution in [1.82, 2.24) is 4.90 Å². The van der Waals surface area contributed by atoms with Gasteiger partial charge in [-0.15, -0.1) is 9.24 Å². The number of hydrogen-bond acceptors (Lipinski definition) is 1. The molecule has 1 nitrogen and oxygen atoms in total. The Morgan fingerprint density at radius 2 is 2.30 bits per heavy atom. The quantitative estimate of drug-likeness (QED) is 0.562. The summed E-state index contributed by atoms with van der Waals surface area (Å²) in [5, 5.41) is 0. The van der Waals surface area contributed by atoms with Crippen molar-refractivity contribution < 1.29 is 8.78 Å². The summed E-state index contributed by atoms with van der Waals surface area (Å²) >= 11 is 0. The SMILES string of the molecule is FC(F)C1CCN(CP)C1. The van der Waals surface area contributed by atoms with Crippen LogP contribution in [0, 0.1) is 5.92 Å². The molecule has 1 rings (SSSR count). The number of halogens is 2. The van der Waals surface area contributed by atoms with E-state index in [0.717, 1.165) is 12.8 Å². The van der Waals surface area contributed by atoms with Gasteiger partial charge < -0.3 is 0 Å². The lowest BCUT2D eigenvalue weighted by Crippen LogP contribution is -2.20. The molecule has 0 aromatic heterocycles. The highest BCUT2D eigenvalue weighted by Crippen LogP contribution is 2.22. The van der Waals surface area contributed by atoms with Crippen molar-refractivity contribution in [2.24, 2.45) is 5.92 Å². The Hall–Kier alpha value is 0.250. The maximum atomic E-state index is 12.0. The zero-order valence-electron chi connectivity index (χ0n) is 5.76. The van der Waals surface area contributed by atoms with E-state index in [9.17, 15) is 8.78 Å². The largest absolute Gasteiger partial charge is 0.299 e. The second kappa shape index (κ2) is 3.59. The summed E-state index contributed by atoms with van der Waals surface area (Å²) in [6.45, 7) is 1.40. The number of alkyl halides is 2. The van der Waals surface area contributed by atoms with Gasteiger partial charge in [0.05, 0.1) is 0 Å². The van der Waals surface area contributed by atoms with Crippen LogP contribution in [0.15, 0.2) is 0 Å². The van der Waals surface area contributed by atoms with Crippen LogP contribution in [0.25, 0.3) is 0 Å². The molecule has 60 valence electrons. The van der Waals surface area contributed by atoms with E-state index in [1.165, 1.54) is 0 Å². The fraction of sp³-hybridized carbons (Fsp3) is 1.00. The first-order valence-electron chi connectivity index (χ1n) is 3.44. The van der Waals surface area contributed by atoms with Gasteiger partial charge in [0.1, 0.15) is 0 Å². The third kappa shape index (κ3) is 1.86. The van der Waals surface area contributed by atoms with E-state index >= 15 is 0 Å². The highest BCUT2D eigenvalue weighted by molar-refractivity contribution is 7.16. The van der Waals surface area contributed by atoms with Crippen molar-refractivity contribution in [2.45, 2.75) is 12.8 Å². The first-order valence-corrected chi connectivity index (χ1v) is 4.26. The third-order valence-electron chi connectivity index (χ3n) is 1.92. The summed E-state index contributed by atoms with van der Waals surface area (Å²) in [7, 11) is 2.55. The Kier molecular flexibility index (Phi) is 2.99. The van der Waals surface area contributed by atoms with Crippen LogP contribution in [0.2, 0.25) is 0 Å². The number of nitrogens with zero attached hydrogens (tertiary/aromatic N) is 1. The number of likely N-dealkylation sites (tertiary alicyclic amines) is 1. The van der Waals surface area contributed by atoms with Gasteiger partial charge in [0, 0.05) is 18.7 Å². The maximum absolute atomic E-state index is 12.0. The van der Waals surface area contributed by atoms with Crippen molar-refractivity contribution in [3.05, 3.63) is 0 Å². The van der Waals surface area contributed by atoms with Crippen LogP contribution in [0.3, 0.4) is 0 Å². The standard InChI is InChI=1S/C6H12F2NP/c7-6(8)5-1-2-9(3-5)4-10/h5-6H,1-4,10H2. The zero-order valence-corrected chi connectivity index (χ0v) is 6.92. The van der Waals surface area contributed by atoms with E-state index in [-0.39, 0.29) is 5.92 Å². The molecule has 1 saturated heterocycles. The summed E-state index contributed by atoms with van der Waals surface area (Å²) in [6, 6.07) is 0. The van der Waals surface area contributed by atoms with E-state index in [1.54, 1.807) is 0 Å². The van der Waals surface area contributed by atoms with Gasteiger partial charge in [-0.3, -0.25) is 4.90 Å². The fourth-order valence-corrected chi connectivity index (χ4v) is 1.57. The zero-order chi connectivity index (χ0) is 7.56. The Labute approximate surface area is 62.0 Å². The van der Waals surface area contributed by atoms with Crippen molar-refractivity contribution in [3.8, 4) is 0 Å². The second-order valence-corrected chi connectivity index (χ2v) is 3.01. The lowest BCUT2D eigenvalue weighted by molar-refractivity contribution is 0.0820. The predicted molar refractivity (Wildman–Crippen MR) is 40.3 cm³/mol. The van der Waals surface area contributed by atoms with Crippen molar-refractivity contribution >= 4 is 9.24 Å². The first kappa shape index (κ1) is 8.35. The second-order valence-electron chi connectivity index (χ2n) is 2.64. The molecule has 2 atom stereocenters. The van der Waals surface area contributed by atoms with E-state index in [2.05, 4.69) is 9.24 Å². The minimum absolute atomic E-state index is 0.374. The van der Waals surface area contributed by atoms with Gasteiger partial charge in [-0.1, -0.05) is 0 Å². The Morgan fingerprint density at radius 1 is 1.60 bits per heavy atom. The lowest BCUT2D eigenvalue weighted by Gasteiger charge is -2.11. The normalized spacial score (nSPS) is 28.2.